The Labute approximate surface area is 188 Å². The zero-order valence-corrected chi connectivity index (χ0v) is 18.9. The number of fused-ring (bicyclic) bond motifs is 1. The fraction of sp³-hybridized carbons (Fsp3) is 0.400. The van der Waals surface area contributed by atoms with Crippen molar-refractivity contribution < 1.29 is 14.0 Å². The third-order valence-corrected chi connectivity index (χ3v) is 5.19. The number of aliphatic imine (C=N–C) groups is 1. The normalized spacial score (nSPS) is 11.2. The van der Waals surface area contributed by atoms with Gasteiger partial charge < -0.3 is 15.1 Å². The van der Waals surface area contributed by atoms with Crippen LogP contribution in [0, 0.1) is 0 Å². The zero-order valence-electron chi connectivity index (χ0n) is 18.9. The highest BCUT2D eigenvalue weighted by atomic mass is 16.3. The van der Waals surface area contributed by atoms with Crippen LogP contribution in [0.1, 0.15) is 52.0 Å². The summed E-state index contributed by atoms with van der Waals surface area (Å²) in [4.78, 5) is 30.2. The molecule has 0 spiro atoms. The van der Waals surface area contributed by atoms with Crippen LogP contribution < -0.4 is 10.6 Å². The Kier molecular flexibility index (Phi) is 7.79. The topological polar surface area (TPSA) is 96.6 Å². The Morgan fingerprint density at radius 2 is 1.81 bits per heavy atom. The van der Waals surface area contributed by atoms with Crippen LogP contribution in [-0.2, 0) is 10.2 Å². The highest BCUT2D eigenvalue weighted by Gasteiger charge is 2.15. The Balaban J connectivity index is 1.53. The van der Waals surface area contributed by atoms with Gasteiger partial charge >= 0.3 is 6.03 Å². The lowest BCUT2D eigenvalue weighted by Gasteiger charge is -2.18. The molecule has 32 heavy (non-hydrogen) atoms. The molecule has 1 aromatic heterocycles. The lowest BCUT2D eigenvalue weighted by Crippen LogP contribution is -2.29. The zero-order chi connectivity index (χ0) is 23.0. The first kappa shape index (κ1) is 23.2. The number of oxazole rings is 1. The van der Waals surface area contributed by atoms with Crippen LogP contribution in [-0.4, -0.2) is 30.2 Å². The number of urea groups is 1. The molecule has 3 rings (SSSR count). The average Bonchev–Trinajstić information content (AvgIpc) is 3.18. The van der Waals surface area contributed by atoms with Crippen LogP contribution in [0.3, 0.4) is 0 Å². The highest BCUT2D eigenvalue weighted by Crippen LogP contribution is 2.29. The van der Waals surface area contributed by atoms with E-state index in [-0.39, 0.29) is 11.4 Å². The molecule has 2 aromatic carbocycles. The molecule has 0 atom stereocenters. The van der Waals surface area contributed by atoms with Crippen LogP contribution >= 0.6 is 0 Å². The molecule has 2 N–H and O–H groups in total. The standard InChI is InChI=1S/C25H30N4O3/c1-25(2,3)19-10-8-18(9-11-19)23-29-21-16-20(12-13-22(21)32-23)28-24(31)27-15-7-5-4-6-14-26-17-30/h8-13,16H,4-7,14-15H2,1-3H3,(H2,27,28,31). The van der Waals surface area contributed by atoms with E-state index in [1.807, 2.05) is 18.2 Å². The van der Waals surface area contributed by atoms with E-state index in [9.17, 15) is 9.59 Å². The SMILES string of the molecule is CC(C)(C)c1ccc(-c2nc3cc(NC(=O)NCCCCCCN=C=O)ccc3o2)cc1. The number of aromatic nitrogens is 1. The third kappa shape index (κ3) is 6.53. The predicted octanol–water partition coefficient (Wildman–Crippen LogP) is 5.81. The van der Waals surface area contributed by atoms with Crippen LogP contribution in [0.2, 0.25) is 0 Å². The van der Waals surface area contributed by atoms with Crippen LogP contribution in [0.4, 0.5) is 10.5 Å². The van der Waals surface area contributed by atoms with Crippen molar-refractivity contribution in [3.63, 3.8) is 0 Å². The monoisotopic (exact) mass is 434 g/mol. The number of amides is 2. The molecule has 0 bridgehead atoms. The van der Waals surface area contributed by atoms with E-state index in [0.717, 1.165) is 31.2 Å². The van der Waals surface area contributed by atoms with Crippen molar-refractivity contribution in [2.45, 2.75) is 51.9 Å². The number of unbranched alkanes of at least 4 members (excludes halogenated alkanes) is 3. The quantitative estimate of drug-likeness (QED) is 0.252. The number of hydrogen-bond donors (Lipinski definition) is 2. The van der Waals surface area contributed by atoms with E-state index in [1.165, 1.54) is 11.6 Å². The average molecular weight is 435 g/mol. The van der Waals surface area contributed by atoms with Gasteiger partial charge in [0, 0.05) is 17.8 Å². The maximum Gasteiger partial charge on any atom is 0.319 e. The fourth-order valence-corrected chi connectivity index (χ4v) is 3.33. The summed E-state index contributed by atoms with van der Waals surface area (Å²) in [7, 11) is 0. The van der Waals surface area contributed by atoms with Crippen LogP contribution in [0.5, 0.6) is 0 Å². The lowest BCUT2D eigenvalue weighted by molar-refractivity contribution is 0.252. The number of isocyanates is 1. The molecular formula is C25H30N4O3. The minimum Gasteiger partial charge on any atom is -0.436 e. The Morgan fingerprint density at radius 3 is 2.53 bits per heavy atom. The van der Waals surface area contributed by atoms with Gasteiger partial charge in [0.05, 0.1) is 6.54 Å². The molecular weight excluding hydrogens is 404 g/mol. The van der Waals surface area contributed by atoms with Gasteiger partial charge in [-0.1, -0.05) is 45.7 Å². The summed E-state index contributed by atoms with van der Waals surface area (Å²) in [5.74, 6) is 0.556. The van der Waals surface area contributed by atoms with Gasteiger partial charge in [0.15, 0.2) is 5.58 Å². The molecule has 0 aliphatic rings. The van der Waals surface area contributed by atoms with E-state index < -0.39 is 0 Å². The van der Waals surface area contributed by atoms with Gasteiger partial charge in [-0.15, -0.1) is 0 Å². The first-order valence-corrected chi connectivity index (χ1v) is 11.0. The van der Waals surface area contributed by atoms with E-state index in [1.54, 1.807) is 12.1 Å². The van der Waals surface area contributed by atoms with Crippen molar-refractivity contribution in [2.24, 2.45) is 4.99 Å². The second-order valence-electron chi connectivity index (χ2n) is 8.80. The molecule has 7 nitrogen and oxygen atoms in total. The molecule has 0 saturated heterocycles. The smallest absolute Gasteiger partial charge is 0.319 e. The second-order valence-corrected chi connectivity index (χ2v) is 8.80. The molecule has 0 aliphatic heterocycles. The fourth-order valence-electron chi connectivity index (χ4n) is 3.33. The van der Waals surface area contributed by atoms with Crippen molar-refractivity contribution >= 4 is 28.9 Å². The first-order chi connectivity index (χ1) is 15.4. The number of nitrogens with one attached hydrogen (secondary N) is 2. The summed E-state index contributed by atoms with van der Waals surface area (Å²) in [5, 5.41) is 5.69. The van der Waals surface area contributed by atoms with Crippen LogP contribution in [0.15, 0.2) is 51.9 Å². The van der Waals surface area contributed by atoms with E-state index in [4.69, 9.17) is 4.42 Å². The number of carbonyl (C=O) groups is 1. The number of hydrogen-bond acceptors (Lipinski definition) is 5. The molecule has 2 amide bonds. The van der Waals surface area contributed by atoms with Gasteiger partial charge in [0.2, 0.25) is 12.0 Å². The maximum atomic E-state index is 12.1. The molecule has 1 heterocycles. The molecule has 0 fully saturated rings. The maximum absolute atomic E-state index is 12.1. The summed E-state index contributed by atoms with van der Waals surface area (Å²) in [6.45, 7) is 7.65. The summed E-state index contributed by atoms with van der Waals surface area (Å²) in [6.07, 6.45) is 5.21. The molecule has 0 radical (unpaired) electrons. The predicted molar refractivity (Wildman–Crippen MR) is 127 cm³/mol. The van der Waals surface area contributed by atoms with Crippen molar-refractivity contribution in [3.8, 4) is 11.5 Å². The summed E-state index contributed by atoms with van der Waals surface area (Å²) >= 11 is 0. The first-order valence-electron chi connectivity index (χ1n) is 11.0. The number of anilines is 1. The van der Waals surface area contributed by atoms with Gasteiger partial charge in [-0.3, -0.25) is 0 Å². The van der Waals surface area contributed by atoms with E-state index in [2.05, 4.69) is 53.5 Å². The Morgan fingerprint density at radius 1 is 1.06 bits per heavy atom. The van der Waals surface area contributed by atoms with Crippen molar-refractivity contribution in [2.75, 3.05) is 18.4 Å². The summed E-state index contributed by atoms with van der Waals surface area (Å²) < 4.78 is 5.90. The minimum absolute atomic E-state index is 0.0904. The van der Waals surface area contributed by atoms with Crippen molar-refractivity contribution in [1.82, 2.24) is 10.3 Å². The van der Waals surface area contributed by atoms with Gasteiger partial charge in [-0.25, -0.2) is 19.6 Å². The Hall–Kier alpha value is -3.44. The van der Waals surface area contributed by atoms with Gasteiger partial charge in [-0.2, -0.15) is 0 Å². The third-order valence-electron chi connectivity index (χ3n) is 5.19. The molecule has 0 saturated carbocycles. The number of carbonyl (C=O) groups excluding carboxylic acids is 2. The lowest BCUT2D eigenvalue weighted by atomic mass is 9.87. The molecule has 0 aliphatic carbocycles. The molecule has 7 heteroatoms. The van der Waals surface area contributed by atoms with E-state index in [0.29, 0.717) is 35.8 Å². The van der Waals surface area contributed by atoms with E-state index >= 15 is 0 Å². The van der Waals surface area contributed by atoms with Crippen molar-refractivity contribution in [3.05, 3.63) is 48.0 Å². The summed E-state index contributed by atoms with van der Waals surface area (Å²) in [6, 6.07) is 13.4. The summed E-state index contributed by atoms with van der Waals surface area (Å²) in [5.41, 5.74) is 4.28. The second kappa shape index (κ2) is 10.7. The van der Waals surface area contributed by atoms with Gasteiger partial charge in [0.1, 0.15) is 5.52 Å². The minimum atomic E-state index is -0.253. The van der Waals surface area contributed by atoms with Crippen LogP contribution in [0.25, 0.3) is 22.6 Å². The molecule has 0 unspecified atom stereocenters. The highest BCUT2D eigenvalue weighted by molar-refractivity contribution is 5.91. The largest absolute Gasteiger partial charge is 0.436 e. The number of benzene rings is 2. The van der Waals surface area contributed by atoms with Crippen molar-refractivity contribution in [1.29, 1.82) is 0 Å². The van der Waals surface area contributed by atoms with Gasteiger partial charge in [0.25, 0.3) is 0 Å². The number of nitrogens with zero attached hydrogens (tertiary/aromatic N) is 2. The Bertz CT molecular complexity index is 1090. The number of rotatable bonds is 9. The van der Waals surface area contributed by atoms with Gasteiger partial charge in [-0.05, 0) is 54.2 Å². The molecule has 3 aromatic rings. The molecule has 168 valence electrons.